The third kappa shape index (κ3) is 6.59. The summed E-state index contributed by atoms with van der Waals surface area (Å²) in [5.74, 6) is 0.208. The summed E-state index contributed by atoms with van der Waals surface area (Å²) >= 11 is 0. The third-order valence-electron chi connectivity index (χ3n) is 4.74. The van der Waals surface area contributed by atoms with Crippen LogP contribution < -0.4 is 4.74 Å². The van der Waals surface area contributed by atoms with Gasteiger partial charge in [0.05, 0.1) is 12.7 Å². The standard InChI is InChI=1S/C19H24F6O2/c1-2-3-13-4-8-15(9-5-13)26-12-14-6-10-16(11-7-14)27-19(24,25)17(20)18(21,22)23/h6-7,10-11,13,15,17H,2-5,8-9,12H2,1H3. The van der Waals surface area contributed by atoms with Crippen LogP contribution in [0.3, 0.4) is 0 Å². The van der Waals surface area contributed by atoms with Gasteiger partial charge in [-0.05, 0) is 49.3 Å². The summed E-state index contributed by atoms with van der Waals surface area (Å²) in [4.78, 5) is 0. The van der Waals surface area contributed by atoms with Crippen molar-refractivity contribution in [1.82, 2.24) is 0 Å². The topological polar surface area (TPSA) is 18.5 Å². The summed E-state index contributed by atoms with van der Waals surface area (Å²) in [6.07, 6.45) is -8.31. The van der Waals surface area contributed by atoms with E-state index >= 15 is 0 Å². The zero-order valence-electron chi connectivity index (χ0n) is 15.1. The first-order valence-corrected chi connectivity index (χ1v) is 9.10. The van der Waals surface area contributed by atoms with Gasteiger partial charge in [0.1, 0.15) is 5.75 Å². The van der Waals surface area contributed by atoms with Gasteiger partial charge in [0.15, 0.2) is 0 Å². The van der Waals surface area contributed by atoms with Crippen molar-refractivity contribution in [3.63, 3.8) is 0 Å². The van der Waals surface area contributed by atoms with Crippen molar-refractivity contribution in [2.45, 2.75) is 76.6 Å². The van der Waals surface area contributed by atoms with Crippen LogP contribution in [-0.2, 0) is 11.3 Å². The maximum absolute atomic E-state index is 13.2. The molecule has 1 aliphatic rings. The van der Waals surface area contributed by atoms with E-state index in [0.29, 0.717) is 5.56 Å². The van der Waals surface area contributed by atoms with E-state index in [1.165, 1.54) is 25.0 Å². The second-order valence-electron chi connectivity index (χ2n) is 6.95. The minimum atomic E-state index is -5.70. The fourth-order valence-electron chi connectivity index (χ4n) is 3.26. The lowest BCUT2D eigenvalue weighted by atomic mass is 9.85. The molecule has 154 valence electrons. The molecule has 0 heterocycles. The van der Waals surface area contributed by atoms with E-state index in [0.717, 1.165) is 43.7 Å². The van der Waals surface area contributed by atoms with Crippen LogP contribution in [0.15, 0.2) is 24.3 Å². The average Bonchev–Trinajstić information content (AvgIpc) is 2.61. The van der Waals surface area contributed by atoms with Gasteiger partial charge in [-0.1, -0.05) is 31.9 Å². The van der Waals surface area contributed by atoms with Crippen molar-refractivity contribution in [2.75, 3.05) is 0 Å². The quantitative estimate of drug-likeness (QED) is 0.470. The van der Waals surface area contributed by atoms with E-state index < -0.39 is 24.2 Å². The highest BCUT2D eigenvalue weighted by atomic mass is 19.4. The van der Waals surface area contributed by atoms with E-state index in [9.17, 15) is 26.3 Å². The van der Waals surface area contributed by atoms with Crippen LogP contribution >= 0.6 is 0 Å². The summed E-state index contributed by atoms with van der Waals surface area (Å²) < 4.78 is 85.3. The normalized spacial score (nSPS) is 22.5. The largest absolute Gasteiger partial charge is 0.439 e. The Balaban J connectivity index is 1.82. The molecule has 1 aromatic rings. The van der Waals surface area contributed by atoms with E-state index in [1.807, 2.05) is 0 Å². The first-order valence-electron chi connectivity index (χ1n) is 9.10. The third-order valence-corrected chi connectivity index (χ3v) is 4.74. The minimum absolute atomic E-state index is 0.150. The van der Waals surface area contributed by atoms with E-state index in [2.05, 4.69) is 11.7 Å². The lowest BCUT2D eigenvalue weighted by Crippen LogP contribution is -2.45. The predicted molar refractivity (Wildman–Crippen MR) is 88.4 cm³/mol. The van der Waals surface area contributed by atoms with Gasteiger partial charge in [0, 0.05) is 0 Å². The molecule has 1 unspecified atom stereocenters. The molecule has 1 saturated carbocycles. The lowest BCUT2D eigenvalue weighted by molar-refractivity contribution is -0.304. The van der Waals surface area contributed by atoms with Crippen molar-refractivity contribution in [3.8, 4) is 5.75 Å². The predicted octanol–water partition coefficient (Wildman–Crippen LogP) is 6.43. The molecule has 2 nitrogen and oxygen atoms in total. The highest BCUT2D eigenvalue weighted by Crippen LogP contribution is 2.36. The van der Waals surface area contributed by atoms with Gasteiger partial charge in [-0.15, -0.1) is 0 Å². The Kier molecular flexibility index (Phi) is 7.42. The van der Waals surface area contributed by atoms with Crippen LogP contribution in [0, 0.1) is 5.92 Å². The zero-order chi connectivity index (χ0) is 20.1. The summed E-state index contributed by atoms with van der Waals surface area (Å²) in [6, 6.07) is 4.98. The Hall–Kier alpha value is -1.44. The molecule has 0 radical (unpaired) electrons. The van der Waals surface area contributed by atoms with Gasteiger partial charge in [-0.3, -0.25) is 0 Å². The zero-order valence-corrected chi connectivity index (χ0v) is 15.1. The Morgan fingerprint density at radius 3 is 2.11 bits per heavy atom. The van der Waals surface area contributed by atoms with Crippen molar-refractivity contribution < 1.29 is 35.8 Å². The van der Waals surface area contributed by atoms with Gasteiger partial charge >= 0.3 is 12.3 Å². The van der Waals surface area contributed by atoms with Crippen LogP contribution in [0.25, 0.3) is 0 Å². The van der Waals surface area contributed by atoms with Crippen LogP contribution in [0.2, 0.25) is 0 Å². The van der Waals surface area contributed by atoms with Gasteiger partial charge in [0.2, 0.25) is 0 Å². The number of hydrogen-bond donors (Lipinski definition) is 0. The molecule has 8 heteroatoms. The second kappa shape index (κ2) is 9.17. The van der Waals surface area contributed by atoms with Crippen molar-refractivity contribution in [3.05, 3.63) is 29.8 Å². The lowest BCUT2D eigenvalue weighted by Gasteiger charge is -2.28. The molecule has 0 N–H and O–H groups in total. The molecule has 0 saturated heterocycles. The molecule has 27 heavy (non-hydrogen) atoms. The van der Waals surface area contributed by atoms with E-state index in [-0.39, 0.29) is 12.7 Å². The Morgan fingerprint density at radius 2 is 1.59 bits per heavy atom. The highest BCUT2D eigenvalue weighted by Gasteiger charge is 2.59. The highest BCUT2D eigenvalue weighted by molar-refractivity contribution is 5.27. The number of benzene rings is 1. The molecule has 1 aliphatic carbocycles. The Labute approximate surface area is 154 Å². The van der Waals surface area contributed by atoms with Crippen molar-refractivity contribution >= 4 is 0 Å². The SMILES string of the molecule is CCCC1CCC(OCc2ccc(OC(F)(F)C(F)C(F)(F)F)cc2)CC1. The number of alkyl halides is 6. The molecule has 0 aromatic heterocycles. The Morgan fingerprint density at radius 1 is 1.00 bits per heavy atom. The second-order valence-corrected chi connectivity index (χ2v) is 6.95. The molecule has 1 atom stereocenters. The van der Waals surface area contributed by atoms with Gasteiger partial charge in [0.25, 0.3) is 6.17 Å². The number of hydrogen-bond acceptors (Lipinski definition) is 2. The van der Waals surface area contributed by atoms with Crippen LogP contribution in [-0.4, -0.2) is 24.6 Å². The van der Waals surface area contributed by atoms with E-state index in [1.54, 1.807) is 0 Å². The van der Waals surface area contributed by atoms with Crippen molar-refractivity contribution in [2.24, 2.45) is 5.92 Å². The number of halogens is 6. The molecule has 0 amide bonds. The van der Waals surface area contributed by atoms with Crippen LogP contribution in [0.1, 0.15) is 51.0 Å². The maximum atomic E-state index is 13.2. The molecule has 0 spiro atoms. The van der Waals surface area contributed by atoms with Crippen LogP contribution in [0.5, 0.6) is 5.75 Å². The van der Waals surface area contributed by atoms with Gasteiger partial charge < -0.3 is 9.47 Å². The van der Waals surface area contributed by atoms with Crippen molar-refractivity contribution in [1.29, 1.82) is 0 Å². The van der Waals surface area contributed by atoms with Gasteiger partial charge in [-0.25, -0.2) is 4.39 Å². The first kappa shape index (κ1) is 21.9. The molecule has 1 aromatic carbocycles. The summed E-state index contributed by atoms with van der Waals surface area (Å²) in [7, 11) is 0. The smallest absolute Gasteiger partial charge is 0.430 e. The fraction of sp³-hybridized carbons (Fsp3) is 0.684. The molecule has 0 bridgehead atoms. The number of ether oxygens (including phenoxy) is 2. The monoisotopic (exact) mass is 398 g/mol. The fourth-order valence-corrected chi connectivity index (χ4v) is 3.26. The van der Waals surface area contributed by atoms with Gasteiger partial charge in [-0.2, -0.15) is 22.0 Å². The number of rotatable bonds is 8. The molecular weight excluding hydrogens is 374 g/mol. The summed E-state index contributed by atoms with van der Waals surface area (Å²) in [5, 5.41) is 0. The molecule has 1 fully saturated rings. The minimum Gasteiger partial charge on any atom is -0.430 e. The average molecular weight is 398 g/mol. The van der Waals surface area contributed by atoms with Crippen LogP contribution in [0.4, 0.5) is 26.3 Å². The Bertz CT molecular complexity index is 565. The first-order chi connectivity index (χ1) is 12.6. The van der Waals surface area contributed by atoms with E-state index in [4.69, 9.17) is 4.74 Å². The molecule has 2 rings (SSSR count). The molecular formula is C19H24F6O2. The summed E-state index contributed by atoms with van der Waals surface area (Å²) in [5.41, 5.74) is 0.675. The molecule has 0 aliphatic heterocycles. The maximum Gasteiger partial charge on any atom is 0.439 e. The summed E-state index contributed by atoms with van der Waals surface area (Å²) in [6.45, 7) is 2.44.